The largest absolute Gasteiger partial charge is 0.299 e. The summed E-state index contributed by atoms with van der Waals surface area (Å²) in [5.41, 5.74) is 0.278. The second kappa shape index (κ2) is 4.91. The molecule has 3 heteroatoms. The molecule has 4 aliphatic rings. The fourth-order valence-electron chi connectivity index (χ4n) is 6.86. The predicted octanol–water partition coefficient (Wildman–Crippen LogP) is 4.54. The van der Waals surface area contributed by atoms with Crippen LogP contribution in [0.15, 0.2) is 0 Å². The molecule has 4 fully saturated rings. The van der Waals surface area contributed by atoms with Gasteiger partial charge in [-0.25, -0.2) is 0 Å². The molecule has 0 heterocycles. The minimum Gasteiger partial charge on any atom is -0.299 e. The molecule has 22 heavy (non-hydrogen) atoms. The van der Waals surface area contributed by atoms with Gasteiger partial charge in [-0.05, 0) is 67.6 Å². The van der Waals surface area contributed by atoms with E-state index in [9.17, 15) is 9.59 Å². The summed E-state index contributed by atoms with van der Waals surface area (Å²) < 4.78 is 0. The molecule has 0 amide bonds. The van der Waals surface area contributed by atoms with Crippen LogP contribution in [0.25, 0.3) is 0 Å². The van der Waals surface area contributed by atoms with E-state index in [1.165, 1.54) is 19.3 Å². The van der Waals surface area contributed by atoms with Gasteiger partial charge in [0.05, 0.1) is 4.83 Å². The van der Waals surface area contributed by atoms with Gasteiger partial charge in [0.2, 0.25) is 0 Å². The minimum atomic E-state index is -0.0251. The van der Waals surface area contributed by atoms with Gasteiger partial charge in [-0.1, -0.05) is 29.8 Å². The van der Waals surface area contributed by atoms with E-state index in [4.69, 9.17) is 0 Å². The lowest BCUT2D eigenvalue weighted by Gasteiger charge is -2.60. The van der Waals surface area contributed by atoms with Crippen LogP contribution in [0.5, 0.6) is 0 Å². The van der Waals surface area contributed by atoms with E-state index in [-0.39, 0.29) is 10.2 Å². The highest BCUT2D eigenvalue weighted by molar-refractivity contribution is 9.10. The Morgan fingerprint density at radius 1 is 0.909 bits per heavy atom. The molecule has 0 radical (unpaired) electrons. The summed E-state index contributed by atoms with van der Waals surface area (Å²) in [6, 6.07) is 0. The summed E-state index contributed by atoms with van der Waals surface area (Å²) in [7, 11) is 0. The minimum absolute atomic E-state index is 0.0251. The maximum atomic E-state index is 12.4. The average Bonchev–Trinajstić information content (AvgIpc) is 2.79. The first kappa shape index (κ1) is 15.4. The lowest BCUT2D eigenvalue weighted by Crippen LogP contribution is -2.56. The first-order valence-electron chi connectivity index (χ1n) is 9.08. The standard InChI is InChI=1S/C19H27BrO2/c1-18-10-8-15(21)17(20)14(18)4-3-11-12-5-6-16(22)19(12,2)9-7-13(11)18/h11-14,17H,3-10H2,1-2H3/t11-,12-,13+,14?,17?,18+,19-/m0/s1. The topological polar surface area (TPSA) is 34.1 Å². The van der Waals surface area contributed by atoms with Crippen LogP contribution in [-0.4, -0.2) is 16.4 Å². The fourth-order valence-corrected chi connectivity index (χ4v) is 7.96. The zero-order valence-corrected chi connectivity index (χ0v) is 15.3. The zero-order chi connectivity index (χ0) is 15.7. The molecule has 0 saturated heterocycles. The lowest BCUT2D eigenvalue weighted by atomic mass is 9.45. The number of hydrogen-bond donors (Lipinski definition) is 0. The van der Waals surface area contributed by atoms with E-state index < -0.39 is 0 Å². The highest BCUT2D eigenvalue weighted by atomic mass is 79.9. The van der Waals surface area contributed by atoms with Gasteiger partial charge in [0.25, 0.3) is 0 Å². The van der Waals surface area contributed by atoms with Crippen molar-refractivity contribution >= 4 is 27.5 Å². The molecule has 0 bridgehead atoms. The highest BCUT2D eigenvalue weighted by Gasteiger charge is 2.61. The van der Waals surface area contributed by atoms with Gasteiger partial charge in [-0.3, -0.25) is 9.59 Å². The quantitative estimate of drug-likeness (QED) is 0.589. The number of carbonyl (C=O) groups is 2. The van der Waals surface area contributed by atoms with E-state index in [0.29, 0.717) is 28.8 Å². The molecule has 4 aliphatic carbocycles. The van der Waals surface area contributed by atoms with Crippen LogP contribution in [0, 0.1) is 34.5 Å². The van der Waals surface area contributed by atoms with Crippen molar-refractivity contribution in [3.05, 3.63) is 0 Å². The molecule has 0 aromatic rings. The molecular formula is C19H27BrO2. The van der Waals surface area contributed by atoms with Gasteiger partial charge in [0, 0.05) is 18.3 Å². The summed E-state index contributed by atoms with van der Waals surface area (Å²) in [4.78, 5) is 24.6. The lowest BCUT2D eigenvalue weighted by molar-refractivity contribution is -0.143. The van der Waals surface area contributed by atoms with Gasteiger partial charge < -0.3 is 0 Å². The van der Waals surface area contributed by atoms with E-state index in [1.54, 1.807) is 0 Å². The maximum absolute atomic E-state index is 12.4. The van der Waals surface area contributed by atoms with E-state index in [1.807, 2.05) is 0 Å². The maximum Gasteiger partial charge on any atom is 0.146 e. The Bertz CT molecular complexity index is 530. The van der Waals surface area contributed by atoms with Crippen molar-refractivity contribution in [2.45, 2.75) is 70.0 Å². The number of ketones is 2. The molecule has 0 N–H and O–H groups in total. The second-order valence-corrected chi connectivity index (χ2v) is 9.84. The predicted molar refractivity (Wildman–Crippen MR) is 89.8 cm³/mol. The molecule has 7 atom stereocenters. The molecule has 4 saturated carbocycles. The molecular weight excluding hydrogens is 340 g/mol. The molecule has 2 nitrogen and oxygen atoms in total. The third-order valence-corrected chi connectivity index (χ3v) is 9.37. The Kier molecular flexibility index (Phi) is 3.43. The number of rotatable bonds is 0. The second-order valence-electron chi connectivity index (χ2n) is 8.85. The van der Waals surface area contributed by atoms with Crippen molar-refractivity contribution in [3.63, 3.8) is 0 Å². The van der Waals surface area contributed by atoms with Crippen molar-refractivity contribution in [3.8, 4) is 0 Å². The molecule has 122 valence electrons. The van der Waals surface area contributed by atoms with Crippen LogP contribution >= 0.6 is 15.9 Å². The van der Waals surface area contributed by atoms with Crippen LogP contribution in [-0.2, 0) is 9.59 Å². The summed E-state index contributed by atoms with van der Waals surface area (Å²) in [5, 5.41) is 0. The fraction of sp³-hybridized carbons (Fsp3) is 0.895. The summed E-state index contributed by atoms with van der Waals surface area (Å²) >= 11 is 3.72. The summed E-state index contributed by atoms with van der Waals surface area (Å²) in [6.07, 6.45) is 8.42. The van der Waals surface area contributed by atoms with Crippen LogP contribution in [0.2, 0.25) is 0 Å². The number of Topliss-reactive ketones (excluding diaryl/α,β-unsaturated/α-hetero) is 2. The Morgan fingerprint density at radius 2 is 1.68 bits per heavy atom. The van der Waals surface area contributed by atoms with Gasteiger partial charge in [-0.2, -0.15) is 0 Å². The Balaban J connectivity index is 1.67. The normalized spacial score (nSPS) is 54.6. The number of halogens is 1. The van der Waals surface area contributed by atoms with E-state index in [2.05, 4.69) is 29.8 Å². The van der Waals surface area contributed by atoms with Crippen molar-refractivity contribution < 1.29 is 9.59 Å². The third-order valence-electron chi connectivity index (χ3n) is 8.22. The Labute approximate surface area is 141 Å². The van der Waals surface area contributed by atoms with Crippen LogP contribution in [0.4, 0.5) is 0 Å². The zero-order valence-electron chi connectivity index (χ0n) is 13.7. The Hall–Kier alpha value is -0.180. The van der Waals surface area contributed by atoms with Gasteiger partial charge in [-0.15, -0.1) is 0 Å². The summed E-state index contributed by atoms with van der Waals surface area (Å²) in [5.74, 6) is 3.51. The van der Waals surface area contributed by atoms with Crippen LogP contribution in [0.3, 0.4) is 0 Å². The molecule has 0 aromatic carbocycles. The molecule has 4 rings (SSSR count). The highest BCUT2D eigenvalue weighted by Crippen LogP contribution is 2.65. The van der Waals surface area contributed by atoms with Gasteiger partial charge in [0.1, 0.15) is 11.6 Å². The van der Waals surface area contributed by atoms with Gasteiger partial charge in [0.15, 0.2) is 0 Å². The van der Waals surface area contributed by atoms with E-state index in [0.717, 1.165) is 43.9 Å². The first-order valence-corrected chi connectivity index (χ1v) is 9.99. The molecule has 0 aliphatic heterocycles. The number of carbonyl (C=O) groups excluding carboxylic acids is 2. The number of alkyl halides is 1. The summed E-state index contributed by atoms with van der Waals surface area (Å²) in [6.45, 7) is 4.70. The monoisotopic (exact) mass is 366 g/mol. The number of fused-ring (bicyclic) bond motifs is 5. The van der Waals surface area contributed by atoms with Crippen molar-refractivity contribution in [1.29, 1.82) is 0 Å². The SMILES string of the molecule is C[C@]12CCC(=O)C(Br)C1CC[C@@H]1[C@H]2CC[C@]2(C)C(=O)CC[C@@H]12. The van der Waals surface area contributed by atoms with Crippen molar-refractivity contribution in [2.24, 2.45) is 34.5 Å². The van der Waals surface area contributed by atoms with E-state index >= 15 is 0 Å². The molecule has 0 spiro atoms. The smallest absolute Gasteiger partial charge is 0.146 e. The van der Waals surface area contributed by atoms with Crippen molar-refractivity contribution in [1.82, 2.24) is 0 Å². The van der Waals surface area contributed by atoms with Crippen LogP contribution < -0.4 is 0 Å². The Morgan fingerprint density at radius 3 is 2.45 bits per heavy atom. The van der Waals surface area contributed by atoms with Gasteiger partial charge >= 0.3 is 0 Å². The first-order chi connectivity index (χ1) is 10.4. The third kappa shape index (κ3) is 1.84. The molecule has 2 unspecified atom stereocenters. The van der Waals surface area contributed by atoms with Crippen LogP contribution in [0.1, 0.15) is 65.2 Å². The van der Waals surface area contributed by atoms with Crippen molar-refractivity contribution in [2.75, 3.05) is 0 Å². The average molecular weight is 367 g/mol. The molecule has 0 aromatic heterocycles. The number of hydrogen-bond acceptors (Lipinski definition) is 2.